The van der Waals surface area contributed by atoms with E-state index in [1.54, 1.807) is 18.2 Å². The van der Waals surface area contributed by atoms with Crippen molar-refractivity contribution < 1.29 is 14.3 Å². The summed E-state index contributed by atoms with van der Waals surface area (Å²) >= 11 is 0. The largest absolute Gasteiger partial charge is 0.475 e. The van der Waals surface area contributed by atoms with E-state index in [-0.39, 0.29) is 5.82 Å². The minimum Gasteiger partial charge on any atom is -0.475 e. The van der Waals surface area contributed by atoms with Crippen LogP contribution in [0, 0.1) is 5.82 Å². The number of halogens is 1. The van der Waals surface area contributed by atoms with E-state index in [0.717, 1.165) is 0 Å². The second-order valence-electron chi connectivity index (χ2n) is 2.93. The van der Waals surface area contributed by atoms with Crippen LogP contribution < -0.4 is 0 Å². The van der Waals surface area contributed by atoms with Gasteiger partial charge in [0.2, 0.25) is 5.82 Å². The Balaban J connectivity index is 2.46. The molecule has 0 radical (unpaired) electrons. The number of H-pyrrole nitrogens is 1. The number of carbonyl (C=O) groups is 1. The first-order valence-electron chi connectivity index (χ1n) is 4.21. The maximum Gasteiger partial charge on any atom is 0.371 e. The normalized spacial score (nSPS) is 10.2. The van der Waals surface area contributed by atoms with Gasteiger partial charge in [0.25, 0.3) is 0 Å². The summed E-state index contributed by atoms with van der Waals surface area (Å²) in [5.41, 5.74) is 0.656. The van der Waals surface area contributed by atoms with Crippen molar-refractivity contribution in [3.63, 3.8) is 0 Å². The van der Waals surface area contributed by atoms with Crippen LogP contribution in [0.5, 0.6) is 0 Å². The smallest absolute Gasteiger partial charge is 0.371 e. The minimum atomic E-state index is -1.17. The zero-order valence-electron chi connectivity index (χ0n) is 7.57. The lowest BCUT2D eigenvalue weighted by atomic mass is 10.1. The van der Waals surface area contributed by atoms with Gasteiger partial charge in [-0.15, -0.1) is 0 Å². The highest BCUT2D eigenvalue weighted by molar-refractivity contribution is 5.84. The second kappa shape index (κ2) is 3.53. The second-order valence-corrected chi connectivity index (χ2v) is 2.93. The summed E-state index contributed by atoms with van der Waals surface area (Å²) in [6.07, 6.45) is 1.29. The van der Waals surface area contributed by atoms with Crippen molar-refractivity contribution >= 4 is 5.97 Å². The quantitative estimate of drug-likeness (QED) is 0.788. The first-order valence-corrected chi connectivity index (χ1v) is 4.21. The van der Waals surface area contributed by atoms with Gasteiger partial charge in [-0.3, -0.25) is 0 Å². The standard InChI is InChI=1S/C10H7FN2O2/c11-7-4-2-1-3-6(7)8-5-12-9(13-8)10(14)15/h1-5H,(H,12,13)(H,14,15). The molecule has 0 aliphatic heterocycles. The van der Waals surface area contributed by atoms with E-state index < -0.39 is 11.8 Å². The molecule has 0 saturated heterocycles. The van der Waals surface area contributed by atoms with Crippen molar-refractivity contribution in [2.24, 2.45) is 0 Å². The Morgan fingerprint density at radius 2 is 2.13 bits per heavy atom. The fraction of sp³-hybridized carbons (Fsp3) is 0. The summed E-state index contributed by atoms with van der Waals surface area (Å²) in [5, 5.41) is 8.63. The molecule has 0 amide bonds. The molecule has 5 heteroatoms. The number of imidazole rings is 1. The van der Waals surface area contributed by atoms with Gasteiger partial charge in [0.05, 0.1) is 11.9 Å². The highest BCUT2D eigenvalue weighted by Crippen LogP contribution is 2.20. The number of nitrogens with zero attached hydrogens (tertiary/aromatic N) is 1. The van der Waals surface area contributed by atoms with Gasteiger partial charge in [0.1, 0.15) is 5.82 Å². The Morgan fingerprint density at radius 1 is 1.40 bits per heavy atom. The van der Waals surface area contributed by atoms with E-state index in [4.69, 9.17) is 5.11 Å². The van der Waals surface area contributed by atoms with E-state index in [2.05, 4.69) is 9.97 Å². The van der Waals surface area contributed by atoms with Gasteiger partial charge in [-0.25, -0.2) is 14.2 Å². The van der Waals surface area contributed by atoms with Crippen LogP contribution in [0.2, 0.25) is 0 Å². The van der Waals surface area contributed by atoms with Crippen LogP contribution in [0.15, 0.2) is 30.5 Å². The number of carboxylic acid groups (broad SMARTS) is 1. The summed E-state index contributed by atoms with van der Waals surface area (Å²) < 4.78 is 13.3. The summed E-state index contributed by atoms with van der Waals surface area (Å²) in [4.78, 5) is 16.7. The number of benzene rings is 1. The monoisotopic (exact) mass is 206 g/mol. The van der Waals surface area contributed by atoms with Crippen molar-refractivity contribution in [2.75, 3.05) is 0 Å². The molecule has 2 aromatic rings. The van der Waals surface area contributed by atoms with Crippen molar-refractivity contribution in [1.29, 1.82) is 0 Å². The van der Waals surface area contributed by atoms with Crippen molar-refractivity contribution in [3.05, 3.63) is 42.1 Å². The van der Waals surface area contributed by atoms with Crippen LogP contribution in [0.3, 0.4) is 0 Å². The summed E-state index contributed by atoms with van der Waals surface area (Å²) in [5.74, 6) is -1.79. The summed E-state index contributed by atoms with van der Waals surface area (Å²) in [6.45, 7) is 0. The van der Waals surface area contributed by atoms with Gasteiger partial charge in [0, 0.05) is 5.56 Å². The average molecular weight is 206 g/mol. The molecule has 2 rings (SSSR count). The molecule has 0 spiro atoms. The fourth-order valence-electron chi connectivity index (χ4n) is 1.25. The van der Waals surface area contributed by atoms with Gasteiger partial charge < -0.3 is 10.1 Å². The van der Waals surface area contributed by atoms with Gasteiger partial charge in [-0.05, 0) is 12.1 Å². The third-order valence-electron chi connectivity index (χ3n) is 1.94. The number of hydrogen-bond acceptors (Lipinski definition) is 2. The number of aromatic carboxylic acids is 1. The van der Waals surface area contributed by atoms with E-state index in [0.29, 0.717) is 11.3 Å². The number of aromatic nitrogens is 2. The molecule has 76 valence electrons. The molecule has 1 aromatic heterocycles. The Hall–Kier alpha value is -2.17. The van der Waals surface area contributed by atoms with E-state index in [9.17, 15) is 9.18 Å². The SMILES string of the molecule is O=C(O)c1ncc(-c2ccccc2F)[nH]1. The zero-order valence-corrected chi connectivity index (χ0v) is 7.57. The zero-order chi connectivity index (χ0) is 10.8. The predicted octanol–water partition coefficient (Wildman–Crippen LogP) is 1.91. The summed E-state index contributed by atoms with van der Waals surface area (Å²) in [6, 6.07) is 6.08. The van der Waals surface area contributed by atoms with Crippen molar-refractivity contribution in [3.8, 4) is 11.3 Å². The molecule has 0 saturated carbocycles. The maximum atomic E-state index is 13.3. The van der Waals surface area contributed by atoms with Crippen LogP contribution in [0.1, 0.15) is 10.6 Å². The number of hydrogen-bond donors (Lipinski definition) is 2. The highest BCUT2D eigenvalue weighted by atomic mass is 19.1. The average Bonchev–Trinajstić information content (AvgIpc) is 2.67. The minimum absolute atomic E-state index is 0.201. The van der Waals surface area contributed by atoms with Gasteiger partial charge in [-0.2, -0.15) is 0 Å². The first kappa shape index (κ1) is 9.39. The Labute approximate surface area is 84.4 Å². The topological polar surface area (TPSA) is 66.0 Å². The molecule has 15 heavy (non-hydrogen) atoms. The van der Waals surface area contributed by atoms with Crippen LogP contribution in [0.25, 0.3) is 11.3 Å². The Kier molecular flexibility index (Phi) is 2.21. The molecule has 0 aliphatic carbocycles. The molecular weight excluding hydrogens is 199 g/mol. The lowest BCUT2D eigenvalue weighted by molar-refractivity contribution is 0.0685. The number of nitrogens with one attached hydrogen (secondary N) is 1. The third-order valence-corrected chi connectivity index (χ3v) is 1.94. The maximum absolute atomic E-state index is 13.3. The lowest BCUT2D eigenvalue weighted by Crippen LogP contribution is -1.98. The van der Waals surface area contributed by atoms with Crippen LogP contribution in [0.4, 0.5) is 4.39 Å². The van der Waals surface area contributed by atoms with Crippen LogP contribution in [-0.4, -0.2) is 21.0 Å². The summed E-state index contributed by atoms with van der Waals surface area (Å²) in [7, 11) is 0. The highest BCUT2D eigenvalue weighted by Gasteiger charge is 2.11. The number of rotatable bonds is 2. The van der Waals surface area contributed by atoms with Gasteiger partial charge in [-0.1, -0.05) is 12.1 Å². The first-order chi connectivity index (χ1) is 7.18. The molecule has 1 heterocycles. The van der Waals surface area contributed by atoms with E-state index in [1.807, 2.05) is 0 Å². The number of aromatic amines is 1. The van der Waals surface area contributed by atoms with Gasteiger partial charge in [0.15, 0.2) is 0 Å². The predicted molar refractivity (Wildman–Crippen MR) is 50.9 cm³/mol. The Bertz CT molecular complexity index is 508. The molecule has 4 nitrogen and oxygen atoms in total. The molecule has 0 bridgehead atoms. The van der Waals surface area contributed by atoms with Crippen molar-refractivity contribution in [1.82, 2.24) is 9.97 Å². The molecule has 0 atom stereocenters. The molecule has 0 unspecified atom stereocenters. The van der Waals surface area contributed by atoms with E-state index >= 15 is 0 Å². The third kappa shape index (κ3) is 1.71. The van der Waals surface area contributed by atoms with E-state index in [1.165, 1.54) is 12.3 Å². The van der Waals surface area contributed by atoms with Crippen LogP contribution in [-0.2, 0) is 0 Å². The molecule has 0 fully saturated rings. The van der Waals surface area contributed by atoms with Crippen molar-refractivity contribution in [2.45, 2.75) is 0 Å². The molecule has 2 N–H and O–H groups in total. The lowest BCUT2D eigenvalue weighted by Gasteiger charge is -1.97. The molecular formula is C10H7FN2O2. The molecule has 0 aliphatic rings. The van der Waals surface area contributed by atoms with Crippen LogP contribution >= 0.6 is 0 Å². The van der Waals surface area contributed by atoms with Gasteiger partial charge >= 0.3 is 5.97 Å². The molecule has 1 aromatic carbocycles. The number of carboxylic acids is 1. The Morgan fingerprint density at radius 3 is 2.73 bits per heavy atom. The fourth-order valence-corrected chi connectivity index (χ4v) is 1.25.